The van der Waals surface area contributed by atoms with Crippen LogP contribution in [-0.2, 0) is 0 Å². The summed E-state index contributed by atoms with van der Waals surface area (Å²) in [6, 6.07) is 7.30. The predicted octanol–water partition coefficient (Wildman–Crippen LogP) is 3.49. The molecule has 1 atom stereocenters. The van der Waals surface area contributed by atoms with Crippen LogP contribution in [0.4, 0.5) is 14.9 Å². The van der Waals surface area contributed by atoms with Crippen molar-refractivity contribution in [2.24, 2.45) is 0 Å². The van der Waals surface area contributed by atoms with Crippen LogP contribution in [0.25, 0.3) is 0 Å². The molecule has 1 fully saturated rings. The predicted molar refractivity (Wildman–Crippen MR) is 75.3 cm³/mol. The number of carbonyl (C=O) groups excluding carboxylic acids is 1. The Balaban J connectivity index is 1.72. The van der Waals surface area contributed by atoms with Crippen molar-refractivity contribution < 1.29 is 13.7 Å². The summed E-state index contributed by atoms with van der Waals surface area (Å²) < 4.78 is 18.0. The standard InChI is InChI=1S/C15H16FN3O2/c1-10-9-13(18-21-10)14-3-2-8-19(14)15(20)17-12-6-4-11(16)5-7-12/h4-7,9,14H,2-3,8H2,1H3,(H,17,20). The number of hydrogen-bond acceptors (Lipinski definition) is 3. The lowest BCUT2D eigenvalue weighted by molar-refractivity contribution is 0.204. The van der Waals surface area contributed by atoms with E-state index in [0.29, 0.717) is 12.2 Å². The quantitative estimate of drug-likeness (QED) is 0.920. The first-order valence-electron chi connectivity index (χ1n) is 6.90. The van der Waals surface area contributed by atoms with Gasteiger partial charge in [0.15, 0.2) is 0 Å². The molecule has 0 spiro atoms. The molecule has 1 N–H and O–H groups in total. The zero-order valence-electron chi connectivity index (χ0n) is 11.7. The van der Waals surface area contributed by atoms with Gasteiger partial charge in [-0.25, -0.2) is 9.18 Å². The van der Waals surface area contributed by atoms with E-state index < -0.39 is 0 Å². The summed E-state index contributed by atoms with van der Waals surface area (Å²) in [5, 5.41) is 6.78. The Morgan fingerprint density at radius 2 is 2.19 bits per heavy atom. The zero-order chi connectivity index (χ0) is 14.8. The van der Waals surface area contributed by atoms with Gasteiger partial charge in [0.25, 0.3) is 0 Å². The number of benzene rings is 1. The summed E-state index contributed by atoms with van der Waals surface area (Å²) in [5.74, 6) is 0.404. The number of hydrogen-bond donors (Lipinski definition) is 1. The van der Waals surface area contributed by atoms with E-state index >= 15 is 0 Å². The van der Waals surface area contributed by atoms with Gasteiger partial charge >= 0.3 is 6.03 Å². The van der Waals surface area contributed by atoms with Gasteiger partial charge in [0.05, 0.1) is 6.04 Å². The Kier molecular flexibility index (Phi) is 3.60. The second-order valence-corrected chi connectivity index (χ2v) is 5.15. The van der Waals surface area contributed by atoms with Crippen molar-refractivity contribution in [3.63, 3.8) is 0 Å². The number of carbonyl (C=O) groups is 1. The number of aryl methyl sites for hydroxylation is 1. The lowest BCUT2D eigenvalue weighted by Gasteiger charge is -2.23. The molecule has 110 valence electrons. The molecular formula is C15H16FN3O2. The third kappa shape index (κ3) is 2.89. The Morgan fingerprint density at radius 3 is 2.86 bits per heavy atom. The third-order valence-corrected chi connectivity index (χ3v) is 3.60. The topological polar surface area (TPSA) is 58.4 Å². The monoisotopic (exact) mass is 289 g/mol. The normalized spacial score (nSPS) is 18.0. The van der Waals surface area contributed by atoms with E-state index in [1.807, 2.05) is 13.0 Å². The van der Waals surface area contributed by atoms with Crippen LogP contribution in [0.15, 0.2) is 34.9 Å². The fourth-order valence-electron chi connectivity index (χ4n) is 2.59. The summed E-state index contributed by atoms with van der Waals surface area (Å²) in [7, 11) is 0. The van der Waals surface area contributed by atoms with Crippen LogP contribution in [-0.4, -0.2) is 22.6 Å². The molecule has 0 aliphatic carbocycles. The van der Waals surface area contributed by atoms with Crippen molar-refractivity contribution in [3.8, 4) is 0 Å². The second kappa shape index (κ2) is 5.55. The molecule has 2 heterocycles. The number of nitrogens with zero attached hydrogens (tertiary/aromatic N) is 2. The molecule has 0 radical (unpaired) electrons. The van der Waals surface area contributed by atoms with E-state index in [4.69, 9.17) is 4.52 Å². The highest BCUT2D eigenvalue weighted by molar-refractivity contribution is 5.89. The summed E-state index contributed by atoms with van der Waals surface area (Å²) in [6.07, 6.45) is 1.79. The van der Waals surface area contributed by atoms with E-state index in [-0.39, 0.29) is 17.9 Å². The van der Waals surface area contributed by atoms with Gasteiger partial charge in [-0.2, -0.15) is 0 Å². The van der Waals surface area contributed by atoms with Crippen molar-refractivity contribution in [1.29, 1.82) is 0 Å². The highest BCUT2D eigenvalue weighted by atomic mass is 19.1. The molecule has 1 aliphatic rings. The number of halogens is 1. The van der Waals surface area contributed by atoms with Crippen molar-refractivity contribution in [2.75, 3.05) is 11.9 Å². The Labute approximate surface area is 121 Å². The molecule has 6 heteroatoms. The lowest BCUT2D eigenvalue weighted by atomic mass is 10.1. The van der Waals surface area contributed by atoms with Gasteiger partial charge in [0.2, 0.25) is 0 Å². The molecule has 2 aromatic rings. The van der Waals surface area contributed by atoms with E-state index in [2.05, 4.69) is 10.5 Å². The van der Waals surface area contributed by atoms with Crippen LogP contribution in [0.5, 0.6) is 0 Å². The summed E-state index contributed by atoms with van der Waals surface area (Å²) in [5.41, 5.74) is 1.35. The molecular weight excluding hydrogens is 273 g/mol. The molecule has 0 saturated carbocycles. The molecule has 0 bridgehead atoms. The van der Waals surface area contributed by atoms with Gasteiger partial charge in [0.1, 0.15) is 17.3 Å². The average molecular weight is 289 g/mol. The SMILES string of the molecule is Cc1cc(C2CCCN2C(=O)Nc2ccc(F)cc2)no1. The minimum atomic E-state index is -0.329. The Bertz CT molecular complexity index is 639. The third-order valence-electron chi connectivity index (χ3n) is 3.60. The fraction of sp³-hybridized carbons (Fsp3) is 0.333. The fourth-order valence-corrected chi connectivity index (χ4v) is 2.59. The van der Waals surface area contributed by atoms with Crippen molar-refractivity contribution in [1.82, 2.24) is 10.1 Å². The highest BCUT2D eigenvalue weighted by Gasteiger charge is 2.32. The van der Waals surface area contributed by atoms with E-state index in [0.717, 1.165) is 24.3 Å². The van der Waals surface area contributed by atoms with Crippen molar-refractivity contribution >= 4 is 11.7 Å². The number of anilines is 1. The van der Waals surface area contributed by atoms with Gasteiger partial charge in [0, 0.05) is 18.3 Å². The smallest absolute Gasteiger partial charge is 0.322 e. The van der Waals surface area contributed by atoms with Crippen LogP contribution in [0.1, 0.15) is 30.3 Å². The van der Waals surface area contributed by atoms with Gasteiger partial charge < -0.3 is 14.7 Å². The number of likely N-dealkylation sites (tertiary alicyclic amines) is 1. The van der Waals surface area contributed by atoms with Crippen LogP contribution in [0.3, 0.4) is 0 Å². The molecule has 1 saturated heterocycles. The summed E-state index contributed by atoms with van der Waals surface area (Å²) in [6.45, 7) is 2.50. The first-order valence-corrected chi connectivity index (χ1v) is 6.90. The molecule has 5 nitrogen and oxygen atoms in total. The summed E-state index contributed by atoms with van der Waals surface area (Å²) in [4.78, 5) is 14.1. The number of amides is 2. The van der Waals surface area contributed by atoms with Crippen molar-refractivity contribution in [3.05, 3.63) is 47.6 Å². The average Bonchev–Trinajstić information content (AvgIpc) is 3.09. The maximum Gasteiger partial charge on any atom is 0.322 e. The number of aromatic nitrogens is 1. The highest BCUT2D eigenvalue weighted by Crippen LogP contribution is 2.31. The van der Waals surface area contributed by atoms with Gasteiger partial charge in [-0.05, 0) is 44.0 Å². The largest absolute Gasteiger partial charge is 0.361 e. The number of rotatable bonds is 2. The molecule has 1 aromatic heterocycles. The van der Waals surface area contributed by atoms with E-state index in [1.165, 1.54) is 12.1 Å². The molecule has 1 aromatic carbocycles. The van der Waals surface area contributed by atoms with Crippen molar-refractivity contribution in [2.45, 2.75) is 25.8 Å². The molecule has 21 heavy (non-hydrogen) atoms. The van der Waals surface area contributed by atoms with Gasteiger partial charge in [-0.1, -0.05) is 5.16 Å². The minimum absolute atomic E-state index is 0.0668. The number of urea groups is 1. The first kappa shape index (κ1) is 13.6. The number of nitrogens with one attached hydrogen (secondary N) is 1. The van der Waals surface area contributed by atoms with Crippen LogP contribution >= 0.6 is 0 Å². The maximum atomic E-state index is 12.9. The van der Waals surface area contributed by atoms with Crippen LogP contribution < -0.4 is 5.32 Å². The molecule has 1 unspecified atom stereocenters. The minimum Gasteiger partial charge on any atom is -0.361 e. The molecule has 3 rings (SSSR count). The Hall–Kier alpha value is -2.37. The second-order valence-electron chi connectivity index (χ2n) is 5.15. The van der Waals surface area contributed by atoms with Gasteiger partial charge in [-0.3, -0.25) is 0 Å². The molecule has 1 aliphatic heterocycles. The van der Waals surface area contributed by atoms with Gasteiger partial charge in [-0.15, -0.1) is 0 Å². The van der Waals surface area contributed by atoms with Crippen LogP contribution in [0.2, 0.25) is 0 Å². The molecule has 2 amide bonds. The summed E-state index contributed by atoms with van der Waals surface area (Å²) >= 11 is 0. The lowest BCUT2D eigenvalue weighted by Crippen LogP contribution is -2.34. The Morgan fingerprint density at radius 1 is 1.43 bits per heavy atom. The zero-order valence-corrected chi connectivity index (χ0v) is 11.7. The van der Waals surface area contributed by atoms with Crippen LogP contribution in [0, 0.1) is 12.7 Å². The van der Waals surface area contributed by atoms with E-state index in [1.54, 1.807) is 17.0 Å². The maximum absolute atomic E-state index is 12.9. The van der Waals surface area contributed by atoms with E-state index in [9.17, 15) is 9.18 Å². The first-order chi connectivity index (χ1) is 10.1.